The van der Waals surface area contributed by atoms with Gasteiger partial charge in [-0.3, -0.25) is 9.69 Å². The van der Waals surface area contributed by atoms with Crippen LogP contribution in [-0.2, 0) is 9.53 Å². The third kappa shape index (κ3) is 3.80. The van der Waals surface area contributed by atoms with Crippen LogP contribution in [0.3, 0.4) is 0 Å². The van der Waals surface area contributed by atoms with Gasteiger partial charge in [0.1, 0.15) is 0 Å². The van der Waals surface area contributed by atoms with Gasteiger partial charge in [-0.05, 0) is 33.2 Å². The minimum absolute atomic E-state index is 0.143. The fraction of sp³-hybridized carbons (Fsp3) is 0.909. The predicted octanol–water partition coefficient (Wildman–Crippen LogP) is 0.785. The Balaban J connectivity index is 2.45. The molecule has 2 unspecified atom stereocenters. The van der Waals surface area contributed by atoms with Crippen molar-refractivity contribution in [3.05, 3.63) is 0 Å². The first-order chi connectivity index (χ1) is 6.94. The zero-order valence-corrected chi connectivity index (χ0v) is 9.82. The van der Waals surface area contributed by atoms with Gasteiger partial charge in [-0.25, -0.2) is 0 Å². The van der Waals surface area contributed by atoms with E-state index in [4.69, 9.17) is 0 Å². The normalized spacial score (nSPS) is 29.9. The Morgan fingerprint density at radius 2 is 2.33 bits per heavy atom. The molecule has 0 saturated carbocycles. The van der Waals surface area contributed by atoms with Gasteiger partial charge in [0.2, 0.25) is 0 Å². The Morgan fingerprint density at radius 1 is 1.67 bits per heavy atom. The second-order valence-electron chi connectivity index (χ2n) is 4.70. The Labute approximate surface area is 91.2 Å². The number of piperidine rings is 1. The lowest BCUT2D eigenvalue weighted by atomic mass is 9.94. The average molecular weight is 215 g/mol. The van der Waals surface area contributed by atoms with E-state index in [0.29, 0.717) is 13.0 Å². The van der Waals surface area contributed by atoms with Crippen molar-refractivity contribution in [1.29, 1.82) is 0 Å². The van der Waals surface area contributed by atoms with E-state index >= 15 is 0 Å². The Kier molecular flexibility index (Phi) is 4.11. The second kappa shape index (κ2) is 4.94. The summed E-state index contributed by atoms with van der Waals surface area (Å²) in [5.74, 6) is -0.187. The number of ether oxygens (including phenoxy) is 1. The lowest BCUT2D eigenvalue weighted by Gasteiger charge is -2.39. The second-order valence-corrected chi connectivity index (χ2v) is 4.70. The minimum atomic E-state index is -0.609. The first-order valence-corrected chi connectivity index (χ1v) is 5.48. The number of carbonyl (C=O) groups is 1. The van der Waals surface area contributed by atoms with Crippen LogP contribution in [0, 0.1) is 0 Å². The molecule has 0 amide bonds. The quantitative estimate of drug-likeness (QED) is 0.707. The lowest BCUT2D eigenvalue weighted by molar-refractivity contribution is -0.142. The number of methoxy groups -OCH3 is 1. The van der Waals surface area contributed by atoms with Crippen LogP contribution >= 0.6 is 0 Å². The molecular formula is C11H21NO3. The maximum atomic E-state index is 11.1. The van der Waals surface area contributed by atoms with E-state index in [0.717, 1.165) is 19.4 Å². The number of nitrogens with zero attached hydrogens (tertiary/aromatic N) is 1. The van der Waals surface area contributed by atoms with Gasteiger partial charge in [0.15, 0.2) is 0 Å². The lowest BCUT2D eigenvalue weighted by Crippen LogP contribution is -2.49. The van der Waals surface area contributed by atoms with Crippen LogP contribution in [-0.4, -0.2) is 47.8 Å². The molecule has 1 heterocycles. The fourth-order valence-corrected chi connectivity index (χ4v) is 2.09. The standard InChI is InChI=1S/C11H21NO3/c1-9(7-10(13)15-3)12-6-4-5-11(2,14)8-12/h9,14H,4-8H2,1-3H3. The highest BCUT2D eigenvalue weighted by atomic mass is 16.5. The van der Waals surface area contributed by atoms with E-state index in [9.17, 15) is 9.90 Å². The van der Waals surface area contributed by atoms with Crippen molar-refractivity contribution in [2.45, 2.75) is 44.8 Å². The Bertz CT molecular complexity index is 228. The molecule has 0 aromatic rings. The fourth-order valence-electron chi connectivity index (χ4n) is 2.09. The average Bonchev–Trinajstić information content (AvgIpc) is 2.16. The Morgan fingerprint density at radius 3 is 2.87 bits per heavy atom. The van der Waals surface area contributed by atoms with Crippen LogP contribution in [0.15, 0.2) is 0 Å². The number of aliphatic hydroxyl groups is 1. The summed E-state index contributed by atoms with van der Waals surface area (Å²) < 4.78 is 4.64. The van der Waals surface area contributed by atoms with E-state index in [1.165, 1.54) is 7.11 Å². The molecule has 0 aromatic carbocycles. The molecule has 1 aliphatic heterocycles. The van der Waals surface area contributed by atoms with E-state index in [-0.39, 0.29) is 12.0 Å². The van der Waals surface area contributed by atoms with Gasteiger partial charge in [-0.1, -0.05) is 0 Å². The number of likely N-dealkylation sites (tertiary alicyclic amines) is 1. The van der Waals surface area contributed by atoms with Gasteiger partial charge in [0.05, 0.1) is 19.1 Å². The van der Waals surface area contributed by atoms with Crippen molar-refractivity contribution in [3.8, 4) is 0 Å². The molecule has 1 aliphatic rings. The first kappa shape index (κ1) is 12.5. The molecule has 15 heavy (non-hydrogen) atoms. The van der Waals surface area contributed by atoms with Crippen LogP contribution in [0.5, 0.6) is 0 Å². The largest absolute Gasteiger partial charge is 0.469 e. The smallest absolute Gasteiger partial charge is 0.307 e. The molecule has 88 valence electrons. The summed E-state index contributed by atoms with van der Waals surface area (Å²) in [7, 11) is 1.40. The number of rotatable bonds is 3. The minimum Gasteiger partial charge on any atom is -0.469 e. The van der Waals surface area contributed by atoms with Crippen molar-refractivity contribution in [1.82, 2.24) is 4.90 Å². The highest BCUT2D eigenvalue weighted by molar-refractivity contribution is 5.69. The van der Waals surface area contributed by atoms with Crippen LogP contribution in [0.2, 0.25) is 0 Å². The SMILES string of the molecule is COC(=O)CC(C)N1CCCC(C)(O)C1. The molecule has 1 saturated heterocycles. The molecular weight excluding hydrogens is 194 g/mol. The van der Waals surface area contributed by atoms with E-state index < -0.39 is 5.60 Å². The zero-order valence-electron chi connectivity index (χ0n) is 9.82. The molecule has 1 N–H and O–H groups in total. The van der Waals surface area contributed by atoms with E-state index in [1.54, 1.807) is 0 Å². The Hall–Kier alpha value is -0.610. The maximum Gasteiger partial charge on any atom is 0.307 e. The molecule has 4 nitrogen and oxygen atoms in total. The summed E-state index contributed by atoms with van der Waals surface area (Å²) >= 11 is 0. The topological polar surface area (TPSA) is 49.8 Å². The van der Waals surface area contributed by atoms with Gasteiger partial charge in [-0.15, -0.1) is 0 Å². The van der Waals surface area contributed by atoms with Crippen molar-refractivity contribution in [2.75, 3.05) is 20.2 Å². The number of carbonyl (C=O) groups excluding carboxylic acids is 1. The third-order valence-corrected chi connectivity index (χ3v) is 3.02. The van der Waals surface area contributed by atoms with Crippen LogP contribution < -0.4 is 0 Å². The summed E-state index contributed by atoms with van der Waals surface area (Å²) in [6, 6.07) is 0.143. The van der Waals surface area contributed by atoms with Crippen LogP contribution in [0.4, 0.5) is 0 Å². The van der Waals surface area contributed by atoms with Crippen molar-refractivity contribution < 1.29 is 14.6 Å². The van der Waals surface area contributed by atoms with Gasteiger partial charge < -0.3 is 9.84 Å². The van der Waals surface area contributed by atoms with Crippen LogP contribution in [0.1, 0.15) is 33.1 Å². The monoisotopic (exact) mass is 215 g/mol. The molecule has 0 radical (unpaired) electrons. The van der Waals surface area contributed by atoms with E-state index in [2.05, 4.69) is 9.64 Å². The number of hydrogen-bond acceptors (Lipinski definition) is 4. The highest BCUT2D eigenvalue weighted by Crippen LogP contribution is 2.22. The summed E-state index contributed by atoms with van der Waals surface area (Å²) in [6.07, 6.45) is 2.22. The summed E-state index contributed by atoms with van der Waals surface area (Å²) in [5.41, 5.74) is -0.609. The maximum absolute atomic E-state index is 11.1. The molecule has 0 spiro atoms. The molecule has 0 aliphatic carbocycles. The van der Waals surface area contributed by atoms with Crippen molar-refractivity contribution >= 4 is 5.97 Å². The van der Waals surface area contributed by atoms with Crippen molar-refractivity contribution in [2.24, 2.45) is 0 Å². The zero-order chi connectivity index (χ0) is 11.5. The molecule has 1 rings (SSSR count). The summed E-state index contributed by atoms with van der Waals surface area (Å²) in [5, 5.41) is 9.93. The van der Waals surface area contributed by atoms with Gasteiger partial charge >= 0.3 is 5.97 Å². The molecule has 0 aromatic heterocycles. The molecule has 0 bridgehead atoms. The van der Waals surface area contributed by atoms with Gasteiger partial charge in [0.25, 0.3) is 0 Å². The highest BCUT2D eigenvalue weighted by Gasteiger charge is 2.31. The first-order valence-electron chi connectivity index (χ1n) is 5.48. The summed E-state index contributed by atoms with van der Waals surface area (Å²) in [4.78, 5) is 13.3. The van der Waals surface area contributed by atoms with E-state index in [1.807, 2.05) is 13.8 Å². The van der Waals surface area contributed by atoms with Gasteiger partial charge in [-0.2, -0.15) is 0 Å². The molecule has 1 fully saturated rings. The van der Waals surface area contributed by atoms with Crippen LogP contribution in [0.25, 0.3) is 0 Å². The third-order valence-electron chi connectivity index (χ3n) is 3.02. The summed E-state index contributed by atoms with van der Waals surface area (Å²) in [6.45, 7) is 5.45. The molecule has 4 heteroatoms. The van der Waals surface area contributed by atoms with Crippen molar-refractivity contribution in [3.63, 3.8) is 0 Å². The predicted molar refractivity (Wildman–Crippen MR) is 57.5 cm³/mol. The number of β-amino-alcohol motifs (C(OH)–C–C–N with tert-alkyl or cyclic N) is 1. The number of esters is 1. The number of hydrogen-bond donors (Lipinski definition) is 1. The molecule has 2 atom stereocenters. The van der Waals surface area contributed by atoms with Gasteiger partial charge in [0, 0.05) is 12.6 Å².